The number of pyridine rings is 1. The summed E-state index contributed by atoms with van der Waals surface area (Å²) in [5, 5.41) is 22.0. The molecule has 264 valence electrons. The normalized spacial score (nSPS) is 18.5. The van der Waals surface area contributed by atoms with Gasteiger partial charge in [-0.05, 0) is 37.5 Å². The SMILES string of the molecule is CNC(=O)c1nnc(NC(=O)C2CC2)cc1Nc1cccc2c1N(C)Cc1c-2cnn1C1CN(Cc2cccc(C(=O)N3CCC(OC)C3)n2)C1. The molecule has 15 heteroatoms. The average Bonchev–Trinajstić information content (AvgIpc) is 3.73. The molecule has 3 aliphatic heterocycles. The zero-order valence-corrected chi connectivity index (χ0v) is 28.9. The maximum absolute atomic E-state index is 13.1. The maximum Gasteiger partial charge on any atom is 0.273 e. The minimum atomic E-state index is -0.388. The summed E-state index contributed by atoms with van der Waals surface area (Å²) in [7, 11) is 5.27. The van der Waals surface area contributed by atoms with E-state index in [-0.39, 0.29) is 47.3 Å². The summed E-state index contributed by atoms with van der Waals surface area (Å²) in [6.07, 6.45) is 4.60. The number of fused-ring (bicyclic) bond motifs is 3. The first-order chi connectivity index (χ1) is 24.8. The van der Waals surface area contributed by atoms with Crippen molar-refractivity contribution in [2.45, 2.75) is 44.5 Å². The molecule has 1 unspecified atom stereocenters. The minimum Gasteiger partial charge on any atom is -0.380 e. The predicted octanol–water partition coefficient (Wildman–Crippen LogP) is 3.05. The van der Waals surface area contributed by atoms with Crippen molar-refractivity contribution in [3.63, 3.8) is 0 Å². The molecule has 1 aromatic carbocycles. The Bertz CT molecular complexity index is 2000. The van der Waals surface area contributed by atoms with Gasteiger partial charge < -0.3 is 30.5 Å². The fraction of sp³-hybridized carbons (Fsp3) is 0.417. The highest BCUT2D eigenvalue weighted by Gasteiger charge is 2.35. The van der Waals surface area contributed by atoms with Gasteiger partial charge in [0.2, 0.25) is 5.91 Å². The van der Waals surface area contributed by atoms with E-state index in [1.165, 1.54) is 0 Å². The Hall–Kier alpha value is -5.41. The third-order valence-corrected chi connectivity index (χ3v) is 10.2. The fourth-order valence-corrected chi connectivity index (χ4v) is 7.22. The number of nitrogens with one attached hydrogen (secondary N) is 3. The van der Waals surface area contributed by atoms with Gasteiger partial charge in [0, 0.05) is 77.0 Å². The van der Waals surface area contributed by atoms with Crippen molar-refractivity contribution in [1.29, 1.82) is 0 Å². The minimum absolute atomic E-state index is 0.00533. The van der Waals surface area contributed by atoms with E-state index < -0.39 is 0 Å². The highest BCUT2D eigenvalue weighted by Crippen LogP contribution is 2.45. The molecule has 3 amide bonds. The van der Waals surface area contributed by atoms with Gasteiger partial charge in [0.25, 0.3) is 11.8 Å². The zero-order chi connectivity index (χ0) is 35.2. The number of amides is 3. The van der Waals surface area contributed by atoms with E-state index in [1.54, 1.807) is 26.3 Å². The molecule has 3 N–H and O–H groups in total. The average molecular weight is 692 g/mol. The molecule has 15 nitrogen and oxygen atoms in total. The number of carbonyl (C=O) groups is 3. The standard InChI is InChI=1S/C36H41N11O4/c1-37-35(49)32-29(14-31(42-43-32)41-34(48)21-10-11-21)40-27-8-5-7-25-26-15-38-47(30(26)20-44(2)33(25)27)23-17-45(18-23)16-22-6-4-9-28(39-22)36(50)46-13-12-24(19-46)51-3/h4-9,14-15,21,23-24H,10-13,16-20H2,1-3H3,(H,37,49)(H2,40,41,42,48). The highest BCUT2D eigenvalue weighted by atomic mass is 16.5. The number of hydrogen-bond donors (Lipinski definition) is 3. The second-order valence-corrected chi connectivity index (χ2v) is 13.7. The van der Waals surface area contributed by atoms with Gasteiger partial charge in [-0.25, -0.2) is 4.98 Å². The molecule has 0 bridgehead atoms. The molecule has 1 aliphatic carbocycles. The summed E-state index contributed by atoms with van der Waals surface area (Å²) < 4.78 is 7.57. The third kappa shape index (κ3) is 6.38. The van der Waals surface area contributed by atoms with E-state index in [0.717, 1.165) is 66.2 Å². The molecule has 1 saturated carbocycles. The molecule has 1 atom stereocenters. The van der Waals surface area contributed by atoms with Crippen LogP contribution < -0.4 is 20.9 Å². The Morgan fingerprint density at radius 3 is 2.57 bits per heavy atom. The summed E-state index contributed by atoms with van der Waals surface area (Å²) in [4.78, 5) is 49.3. The Morgan fingerprint density at radius 1 is 0.980 bits per heavy atom. The van der Waals surface area contributed by atoms with Crippen molar-refractivity contribution in [2.75, 3.05) is 62.9 Å². The highest BCUT2D eigenvalue weighted by molar-refractivity contribution is 6.01. The maximum atomic E-state index is 13.1. The molecular weight excluding hydrogens is 650 g/mol. The number of nitrogens with zero attached hydrogens (tertiary/aromatic N) is 8. The van der Waals surface area contributed by atoms with Crippen LogP contribution in [0.3, 0.4) is 0 Å². The first-order valence-electron chi connectivity index (χ1n) is 17.4. The van der Waals surface area contributed by atoms with Crippen molar-refractivity contribution in [2.24, 2.45) is 5.92 Å². The van der Waals surface area contributed by atoms with Crippen molar-refractivity contribution in [3.8, 4) is 11.1 Å². The van der Waals surface area contributed by atoms with Crippen LogP contribution in [0.1, 0.15) is 57.7 Å². The lowest BCUT2D eigenvalue weighted by atomic mass is 9.97. The van der Waals surface area contributed by atoms with E-state index in [2.05, 4.69) is 46.7 Å². The number of para-hydroxylation sites is 1. The largest absolute Gasteiger partial charge is 0.380 e. The van der Waals surface area contributed by atoms with Crippen LogP contribution in [-0.2, 0) is 22.6 Å². The number of ether oxygens (including phenoxy) is 1. The van der Waals surface area contributed by atoms with Crippen LogP contribution in [-0.4, -0.2) is 106 Å². The lowest BCUT2D eigenvalue weighted by molar-refractivity contribution is -0.117. The van der Waals surface area contributed by atoms with E-state index in [1.807, 2.05) is 42.4 Å². The van der Waals surface area contributed by atoms with Crippen LogP contribution in [0.15, 0.2) is 48.7 Å². The molecule has 3 fully saturated rings. The van der Waals surface area contributed by atoms with E-state index in [0.29, 0.717) is 37.6 Å². The number of aromatic nitrogens is 5. The molecule has 0 radical (unpaired) electrons. The molecular formula is C36H41N11O4. The van der Waals surface area contributed by atoms with Crippen LogP contribution in [0.2, 0.25) is 0 Å². The summed E-state index contributed by atoms with van der Waals surface area (Å²) in [6, 6.07) is 13.6. The van der Waals surface area contributed by atoms with Gasteiger partial charge in [0.05, 0.1) is 53.3 Å². The molecule has 51 heavy (non-hydrogen) atoms. The van der Waals surface area contributed by atoms with Gasteiger partial charge in [-0.15, -0.1) is 10.2 Å². The monoisotopic (exact) mass is 691 g/mol. The number of carbonyl (C=O) groups excluding carboxylic acids is 3. The molecule has 2 saturated heterocycles. The number of benzene rings is 1. The van der Waals surface area contributed by atoms with Crippen LogP contribution >= 0.6 is 0 Å². The van der Waals surface area contributed by atoms with Gasteiger partial charge in [-0.1, -0.05) is 18.2 Å². The molecule has 4 aliphatic rings. The number of methoxy groups -OCH3 is 1. The fourth-order valence-electron chi connectivity index (χ4n) is 7.22. The van der Waals surface area contributed by atoms with E-state index in [9.17, 15) is 14.4 Å². The van der Waals surface area contributed by atoms with Crippen molar-refractivity contribution < 1.29 is 19.1 Å². The summed E-state index contributed by atoms with van der Waals surface area (Å²) in [6.45, 7) is 4.24. The molecule has 0 spiro atoms. The predicted molar refractivity (Wildman–Crippen MR) is 190 cm³/mol. The van der Waals surface area contributed by atoms with Crippen LogP contribution in [0.5, 0.6) is 0 Å². The first-order valence-corrected chi connectivity index (χ1v) is 17.4. The molecule has 6 heterocycles. The lowest BCUT2D eigenvalue weighted by Crippen LogP contribution is -2.48. The van der Waals surface area contributed by atoms with Gasteiger partial charge in [0.1, 0.15) is 5.69 Å². The van der Waals surface area contributed by atoms with E-state index >= 15 is 0 Å². The Balaban J connectivity index is 0.973. The number of likely N-dealkylation sites (tertiary alicyclic amines) is 2. The van der Waals surface area contributed by atoms with Gasteiger partial charge in [0.15, 0.2) is 11.5 Å². The van der Waals surface area contributed by atoms with E-state index in [4.69, 9.17) is 14.8 Å². The van der Waals surface area contributed by atoms with Crippen LogP contribution in [0, 0.1) is 5.92 Å². The van der Waals surface area contributed by atoms with Crippen LogP contribution in [0.25, 0.3) is 11.1 Å². The number of anilines is 4. The summed E-state index contributed by atoms with van der Waals surface area (Å²) in [5.41, 5.74) is 6.90. The Kier molecular flexibility index (Phi) is 8.60. The quantitative estimate of drug-likeness (QED) is 0.224. The Morgan fingerprint density at radius 2 is 1.80 bits per heavy atom. The lowest BCUT2D eigenvalue weighted by Gasteiger charge is -2.40. The van der Waals surface area contributed by atoms with Gasteiger partial charge in [-0.2, -0.15) is 5.10 Å². The zero-order valence-electron chi connectivity index (χ0n) is 28.9. The van der Waals surface area contributed by atoms with Gasteiger partial charge in [-0.3, -0.25) is 24.0 Å². The molecule has 3 aromatic heterocycles. The number of rotatable bonds is 10. The van der Waals surface area contributed by atoms with Crippen molar-refractivity contribution in [1.82, 2.24) is 40.1 Å². The summed E-state index contributed by atoms with van der Waals surface area (Å²) in [5.74, 6) is -0.226. The topological polar surface area (TPSA) is 163 Å². The van der Waals surface area contributed by atoms with Crippen LogP contribution in [0.4, 0.5) is 22.9 Å². The number of hydrogen-bond acceptors (Lipinski definition) is 11. The summed E-state index contributed by atoms with van der Waals surface area (Å²) >= 11 is 0. The second kappa shape index (κ2) is 13.4. The Labute approximate surface area is 295 Å². The first kappa shape index (κ1) is 32.8. The second-order valence-electron chi connectivity index (χ2n) is 13.7. The smallest absolute Gasteiger partial charge is 0.273 e. The third-order valence-electron chi connectivity index (χ3n) is 10.2. The van der Waals surface area contributed by atoms with Crippen molar-refractivity contribution >= 4 is 40.6 Å². The van der Waals surface area contributed by atoms with Crippen molar-refractivity contribution in [3.05, 3.63) is 71.4 Å². The van der Waals surface area contributed by atoms with Gasteiger partial charge >= 0.3 is 0 Å². The molecule has 4 aromatic rings. The molecule has 8 rings (SSSR count).